The lowest BCUT2D eigenvalue weighted by atomic mass is 10.5. The van der Waals surface area contributed by atoms with E-state index >= 15 is 0 Å². The summed E-state index contributed by atoms with van der Waals surface area (Å²) >= 11 is 7.61. The summed E-state index contributed by atoms with van der Waals surface area (Å²) in [6.07, 6.45) is 1.45. The molecule has 0 radical (unpaired) electrons. The fourth-order valence-electron chi connectivity index (χ4n) is 1.28. The normalized spacial score (nSPS) is 11.0. The van der Waals surface area contributed by atoms with Crippen molar-refractivity contribution in [2.24, 2.45) is 0 Å². The topological polar surface area (TPSA) is 55.0 Å². The fourth-order valence-corrected chi connectivity index (χ4v) is 2.44. The van der Waals surface area contributed by atoms with Gasteiger partial charge in [0.05, 0.1) is 0 Å². The summed E-state index contributed by atoms with van der Waals surface area (Å²) in [5, 5.41) is 1.23. The number of nitrogen functional groups attached to an aromatic ring is 1. The van der Waals surface area contributed by atoms with Gasteiger partial charge in [-0.3, -0.25) is 0 Å². The van der Waals surface area contributed by atoms with Crippen molar-refractivity contribution in [3.8, 4) is 0 Å². The molecule has 4 nitrogen and oxygen atoms in total. The molecule has 1 aromatic heterocycles. The van der Waals surface area contributed by atoms with Gasteiger partial charge in [0.15, 0.2) is 0 Å². The predicted molar refractivity (Wildman–Crippen MR) is 70.0 cm³/mol. The molecule has 0 aromatic carbocycles. The molecule has 0 bridgehead atoms. The second-order valence-corrected chi connectivity index (χ2v) is 4.71. The van der Waals surface area contributed by atoms with Crippen LogP contribution in [0.1, 0.15) is 13.8 Å². The summed E-state index contributed by atoms with van der Waals surface area (Å²) in [7, 11) is 0. The Morgan fingerprint density at radius 2 is 2.06 bits per heavy atom. The first-order chi connectivity index (χ1) is 7.69. The maximum Gasteiger partial charge on any atom is 0.146 e. The number of hydrogen-bond donors (Lipinski definition) is 1. The van der Waals surface area contributed by atoms with Gasteiger partial charge in [-0.25, -0.2) is 9.97 Å². The van der Waals surface area contributed by atoms with Crippen LogP contribution in [0.2, 0.25) is 5.02 Å². The minimum absolute atomic E-state index is 0.349. The Labute approximate surface area is 106 Å². The van der Waals surface area contributed by atoms with Crippen molar-refractivity contribution in [1.82, 2.24) is 14.9 Å². The highest BCUT2D eigenvalue weighted by Crippen LogP contribution is 2.27. The summed E-state index contributed by atoms with van der Waals surface area (Å²) in [5.74, 6) is 1.31. The van der Waals surface area contributed by atoms with Crippen LogP contribution in [-0.2, 0) is 0 Å². The number of rotatable bonds is 6. The average Bonchev–Trinajstić information content (AvgIpc) is 2.30. The van der Waals surface area contributed by atoms with Gasteiger partial charge in [-0.2, -0.15) is 0 Å². The molecule has 0 aliphatic heterocycles. The number of aromatic nitrogens is 2. The van der Waals surface area contributed by atoms with E-state index in [2.05, 4.69) is 28.7 Å². The third kappa shape index (κ3) is 3.81. The van der Waals surface area contributed by atoms with Crippen LogP contribution >= 0.6 is 23.4 Å². The molecule has 0 aliphatic rings. The van der Waals surface area contributed by atoms with Crippen LogP contribution in [0.15, 0.2) is 11.4 Å². The van der Waals surface area contributed by atoms with E-state index < -0.39 is 0 Å². The number of nitrogens with zero attached hydrogens (tertiary/aromatic N) is 3. The number of hydrogen-bond acceptors (Lipinski definition) is 5. The molecule has 6 heteroatoms. The Bertz CT molecular complexity index is 331. The third-order valence-corrected chi connectivity index (χ3v) is 3.78. The highest BCUT2D eigenvalue weighted by atomic mass is 35.5. The lowest BCUT2D eigenvalue weighted by Crippen LogP contribution is -2.25. The lowest BCUT2D eigenvalue weighted by Gasteiger charge is -2.17. The third-order valence-electron chi connectivity index (χ3n) is 2.33. The molecule has 0 spiro atoms. The van der Waals surface area contributed by atoms with Crippen LogP contribution in [-0.4, -0.2) is 40.3 Å². The molecular weight excluding hydrogens is 244 g/mol. The maximum absolute atomic E-state index is 5.99. The average molecular weight is 261 g/mol. The van der Waals surface area contributed by atoms with Crippen molar-refractivity contribution in [3.05, 3.63) is 11.3 Å². The SMILES string of the molecule is CCN(CC)CCSc1ncnc(N)c1Cl. The Balaban J connectivity index is 2.46. The van der Waals surface area contributed by atoms with E-state index in [0.717, 1.165) is 30.4 Å². The van der Waals surface area contributed by atoms with Crippen LogP contribution in [0.3, 0.4) is 0 Å². The Morgan fingerprint density at radius 3 is 2.69 bits per heavy atom. The van der Waals surface area contributed by atoms with Gasteiger partial charge in [0, 0.05) is 12.3 Å². The molecule has 2 N–H and O–H groups in total. The standard InChI is InChI=1S/C10H17ClN4S/c1-3-15(4-2)5-6-16-10-8(11)9(12)13-7-14-10/h7H,3-6H2,1-2H3,(H2,12,13,14). The molecule has 0 aliphatic carbocycles. The van der Waals surface area contributed by atoms with E-state index in [1.54, 1.807) is 11.8 Å². The maximum atomic E-state index is 5.99. The second-order valence-electron chi connectivity index (χ2n) is 3.25. The monoisotopic (exact) mass is 260 g/mol. The smallest absolute Gasteiger partial charge is 0.146 e. The minimum Gasteiger partial charge on any atom is -0.382 e. The van der Waals surface area contributed by atoms with Gasteiger partial charge in [-0.05, 0) is 13.1 Å². The summed E-state index contributed by atoms with van der Waals surface area (Å²) in [6, 6.07) is 0. The summed E-state index contributed by atoms with van der Waals surface area (Å²) in [4.78, 5) is 10.3. The molecule has 0 saturated carbocycles. The van der Waals surface area contributed by atoms with Crippen LogP contribution in [0.4, 0.5) is 5.82 Å². The van der Waals surface area contributed by atoms with E-state index in [1.165, 1.54) is 6.33 Å². The van der Waals surface area contributed by atoms with E-state index in [0.29, 0.717) is 10.8 Å². The highest BCUT2D eigenvalue weighted by molar-refractivity contribution is 7.99. The predicted octanol–water partition coefficient (Wildman–Crippen LogP) is 2.15. The van der Waals surface area contributed by atoms with Gasteiger partial charge in [0.25, 0.3) is 0 Å². The van der Waals surface area contributed by atoms with E-state index in [9.17, 15) is 0 Å². The molecule has 90 valence electrons. The fraction of sp³-hybridized carbons (Fsp3) is 0.600. The van der Waals surface area contributed by atoms with Crippen LogP contribution in [0.25, 0.3) is 0 Å². The quantitative estimate of drug-likeness (QED) is 0.627. The Hall–Kier alpha value is -0.520. The first-order valence-corrected chi connectivity index (χ1v) is 6.66. The zero-order chi connectivity index (χ0) is 12.0. The summed E-state index contributed by atoms with van der Waals surface area (Å²) < 4.78 is 0. The van der Waals surface area contributed by atoms with Gasteiger partial charge in [0.2, 0.25) is 0 Å². The van der Waals surface area contributed by atoms with Crippen molar-refractivity contribution in [2.75, 3.05) is 31.1 Å². The van der Waals surface area contributed by atoms with Crippen molar-refractivity contribution in [2.45, 2.75) is 18.9 Å². The highest BCUT2D eigenvalue weighted by Gasteiger charge is 2.07. The molecule has 0 atom stereocenters. The molecule has 0 saturated heterocycles. The molecule has 1 rings (SSSR count). The van der Waals surface area contributed by atoms with Crippen molar-refractivity contribution in [3.63, 3.8) is 0 Å². The Morgan fingerprint density at radius 1 is 1.38 bits per heavy atom. The minimum atomic E-state index is 0.349. The molecule has 16 heavy (non-hydrogen) atoms. The first-order valence-electron chi connectivity index (χ1n) is 5.30. The van der Waals surface area contributed by atoms with Crippen LogP contribution in [0, 0.1) is 0 Å². The number of thioether (sulfide) groups is 1. The zero-order valence-electron chi connectivity index (χ0n) is 9.61. The van der Waals surface area contributed by atoms with Crippen molar-refractivity contribution >= 4 is 29.2 Å². The van der Waals surface area contributed by atoms with Gasteiger partial charge < -0.3 is 10.6 Å². The van der Waals surface area contributed by atoms with E-state index in [4.69, 9.17) is 17.3 Å². The summed E-state index contributed by atoms with van der Waals surface area (Å²) in [6.45, 7) is 7.47. The number of nitrogens with two attached hydrogens (primary N) is 1. The molecule has 0 unspecified atom stereocenters. The van der Waals surface area contributed by atoms with Crippen LogP contribution < -0.4 is 5.73 Å². The molecule has 0 fully saturated rings. The first kappa shape index (κ1) is 13.5. The lowest BCUT2D eigenvalue weighted by molar-refractivity contribution is 0.324. The largest absolute Gasteiger partial charge is 0.382 e. The molecule has 1 heterocycles. The van der Waals surface area contributed by atoms with Crippen molar-refractivity contribution in [1.29, 1.82) is 0 Å². The zero-order valence-corrected chi connectivity index (χ0v) is 11.2. The van der Waals surface area contributed by atoms with Gasteiger partial charge in [0.1, 0.15) is 22.2 Å². The second kappa shape index (κ2) is 6.93. The number of halogens is 1. The molecule has 0 amide bonds. The molecule has 1 aromatic rings. The Kier molecular flexibility index (Phi) is 5.87. The van der Waals surface area contributed by atoms with Gasteiger partial charge in [-0.15, -0.1) is 11.8 Å². The van der Waals surface area contributed by atoms with E-state index in [-0.39, 0.29) is 0 Å². The van der Waals surface area contributed by atoms with Gasteiger partial charge in [-0.1, -0.05) is 25.4 Å². The van der Waals surface area contributed by atoms with E-state index in [1.807, 2.05) is 0 Å². The number of anilines is 1. The van der Waals surface area contributed by atoms with Crippen LogP contribution in [0.5, 0.6) is 0 Å². The van der Waals surface area contributed by atoms with Crippen molar-refractivity contribution < 1.29 is 0 Å². The summed E-state index contributed by atoms with van der Waals surface area (Å²) in [5.41, 5.74) is 5.60. The van der Waals surface area contributed by atoms with Gasteiger partial charge >= 0.3 is 0 Å². The molecular formula is C10H17ClN4S.